The van der Waals surface area contributed by atoms with E-state index in [1.54, 1.807) is 127 Å². The molecule has 2 heterocycles. The van der Waals surface area contributed by atoms with Crippen molar-refractivity contribution in [3.63, 3.8) is 0 Å². The summed E-state index contributed by atoms with van der Waals surface area (Å²) in [5.41, 5.74) is 0.360. The van der Waals surface area contributed by atoms with E-state index < -0.39 is 203 Å². The fraction of sp³-hybridized carbons (Fsp3) is 0.726. The number of allylic oxidation sites excluding steroid dienone is 1. The van der Waals surface area contributed by atoms with E-state index >= 15 is 19.2 Å². The molecule has 0 unspecified atom stereocenters. The second-order valence-electron chi connectivity index (χ2n) is 33.8. The fourth-order valence-electron chi connectivity index (χ4n) is 14.2. The number of aliphatic hydroxyl groups is 1. The van der Waals surface area contributed by atoms with Crippen LogP contribution in [0, 0.1) is 53.3 Å². The molecular formula is C84H138N14O17. The highest BCUT2D eigenvalue weighted by atomic mass is 16.5. The zero-order valence-electron chi connectivity index (χ0n) is 71.6. The zero-order valence-corrected chi connectivity index (χ0v) is 71.6. The van der Waals surface area contributed by atoms with Crippen LogP contribution in [-0.4, -0.2) is 196 Å². The number of amides is 14. The number of likely N-dealkylation sites (tertiary alicyclic amines) is 1. The van der Waals surface area contributed by atoms with Crippen molar-refractivity contribution in [2.24, 2.45) is 53.3 Å². The lowest BCUT2D eigenvalue weighted by Gasteiger charge is -2.34. The first kappa shape index (κ1) is 98.3. The molecule has 1 aliphatic carbocycles. The van der Waals surface area contributed by atoms with Crippen LogP contribution in [0.2, 0.25) is 0 Å². The fourth-order valence-corrected chi connectivity index (χ4v) is 14.2. The van der Waals surface area contributed by atoms with Crippen molar-refractivity contribution in [1.29, 1.82) is 0 Å². The van der Waals surface area contributed by atoms with Gasteiger partial charge in [0, 0.05) is 32.4 Å². The maximum absolute atomic E-state index is 15.3. The standard InChI is InChI=1S/C84H138N14O17/c1-20-51(16)68(80(110)97-71-54(19)115-84(114)67(50(14)15)93-72(102)57(22-3)86-74(104)59(44-56-35-27-24-28-36-56)88-76(106)64(47(8)9)90-79(109)69(52(17)21-2)95-82(71)112)94-73(103)58(37-30-42-85-61(100)41-40-55-33-25-23-26-34-55)87-75(105)60-38-31-43-98(60)83(113)66(49(12)13)92-78(108)65(48(10)11)91-81(111)70(53(18)99)96-77(107)63(46(6)7)89-62(101)39-29-32-45(4)5/h22,24,27-28,35-36,45-55,58-60,63-71,99H,20-21,23,25-26,29-34,37-44H2,1-19H3,(H,85,100)(H,86,104)(H,87,105)(H,88,106)(H,89,101)(H,90,109)(H,91,111)(H,92,108)(H,93,102)(H,94,103)(H,95,112)(H,96,107)(H,97,110)/b57-22-/t51-,52-,53-,54+,58+,59+,60-,63-,64-,65+,66-,67+,68-,69-,70+,71-/m1/s1. The van der Waals surface area contributed by atoms with Crippen molar-refractivity contribution in [3.05, 3.63) is 47.7 Å². The van der Waals surface area contributed by atoms with Crippen LogP contribution in [0.15, 0.2) is 42.1 Å². The van der Waals surface area contributed by atoms with E-state index in [2.05, 4.69) is 69.1 Å². The Balaban J connectivity index is 1.71. The molecule has 0 aromatic heterocycles. The van der Waals surface area contributed by atoms with Gasteiger partial charge in [-0.1, -0.05) is 199 Å². The van der Waals surface area contributed by atoms with E-state index in [4.69, 9.17) is 4.74 Å². The monoisotopic (exact) mass is 1620 g/mol. The average molecular weight is 1620 g/mol. The number of rotatable bonds is 37. The molecule has 14 amide bonds. The molecule has 3 aliphatic rings. The molecule has 4 rings (SSSR count). The summed E-state index contributed by atoms with van der Waals surface area (Å²) in [4.78, 5) is 218. The summed E-state index contributed by atoms with van der Waals surface area (Å²) < 4.78 is 6.02. The van der Waals surface area contributed by atoms with E-state index in [1.807, 2.05) is 13.8 Å². The highest BCUT2D eigenvalue weighted by Gasteiger charge is 2.45. The lowest BCUT2D eigenvalue weighted by Crippen LogP contribution is -2.64. The first-order valence-corrected chi connectivity index (χ1v) is 42.0. The number of esters is 1. The van der Waals surface area contributed by atoms with E-state index in [0.717, 1.165) is 44.9 Å². The molecule has 1 saturated carbocycles. The molecule has 31 nitrogen and oxygen atoms in total. The van der Waals surface area contributed by atoms with Gasteiger partial charge in [0.25, 0.3) is 5.91 Å². The Labute approximate surface area is 680 Å². The second-order valence-corrected chi connectivity index (χ2v) is 33.8. The maximum Gasteiger partial charge on any atom is 0.329 e. The Bertz CT molecular complexity index is 3470. The molecule has 115 heavy (non-hydrogen) atoms. The Morgan fingerprint density at radius 1 is 0.565 bits per heavy atom. The zero-order chi connectivity index (χ0) is 86.2. The summed E-state index contributed by atoms with van der Waals surface area (Å²) >= 11 is 0. The van der Waals surface area contributed by atoms with Gasteiger partial charge in [0.15, 0.2) is 0 Å². The number of ether oxygens (including phenoxy) is 1. The molecule has 2 aliphatic heterocycles. The molecule has 1 aromatic rings. The van der Waals surface area contributed by atoms with E-state index in [0.29, 0.717) is 43.1 Å². The van der Waals surface area contributed by atoms with Crippen LogP contribution in [0.4, 0.5) is 0 Å². The summed E-state index contributed by atoms with van der Waals surface area (Å²) in [5, 5.41) is 46.5. The minimum atomic E-state index is -1.85. The second kappa shape index (κ2) is 48.5. The van der Waals surface area contributed by atoms with Crippen LogP contribution >= 0.6 is 0 Å². The van der Waals surface area contributed by atoms with Gasteiger partial charge in [-0.25, -0.2) is 4.79 Å². The van der Waals surface area contributed by atoms with Gasteiger partial charge < -0.3 is 83.9 Å². The Morgan fingerprint density at radius 3 is 1.70 bits per heavy atom. The molecule has 3 fully saturated rings. The third-order valence-electron chi connectivity index (χ3n) is 22.1. The van der Waals surface area contributed by atoms with Crippen molar-refractivity contribution in [2.45, 2.75) is 325 Å². The van der Waals surface area contributed by atoms with Gasteiger partial charge >= 0.3 is 5.97 Å². The van der Waals surface area contributed by atoms with Crippen LogP contribution in [0.3, 0.4) is 0 Å². The van der Waals surface area contributed by atoms with E-state index in [9.17, 15) is 57.8 Å². The van der Waals surface area contributed by atoms with Gasteiger partial charge in [-0.15, -0.1) is 0 Å². The molecule has 0 spiro atoms. The summed E-state index contributed by atoms with van der Waals surface area (Å²) in [6.45, 7) is 31.8. The van der Waals surface area contributed by atoms with Crippen LogP contribution in [-0.2, 0) is 83.1 Å². The van der Waals surface area contributed by atoms with Crippen LogP contribution in [0.5, 0.6) is 0 Å². The number of carbonyl (C=O) groups is 15. The third kappa shape index (κ3) is 31.2. The van der Waals surface area contributed by atoms with Crippen molar-refractivity contribution < 1.29 is 81.8 Å². The van der Waals surface area contributed by atoms with Gasteiger partial charge in [0.1, 0.15) is 84.3 Å². The number of aliphatic hydroxyl groups excluding tert-OH is 1. The van der Waals surface area contributed by atoms with Gasteiger partial charge in [0.05, 0.1) is 6.10 Å². The normalized spacial score (nSPS) is 22.5. The number of nitrogens with one attached hydrogen (secondary N) is 13. The summed E-state index contributed by atoms with van der Waals surface area (Å²) in [6.07, 6.45) is 7.22. The lowest BCUT2D eigenvalue weighted by molar-refractivity contribution is -0.157. The van der Waals surface area contributed by atoms with Gasteiger partial charge in [0.2, 0.25) is 76.8 Å². The minimum Gasteiger partial charge on any atom is -0.458 e. The predicted molar refractivity (Wildman–Crippen MR) is 435 cm³/mol. The molecule has 0 bridgehead atoms. The van der Waals surface area contributed by atoms with E-state index in [1.165, 1.54) is 31.7 Å². The molecule has 31 heteroatoms. The largest absolute Gasteiger partial charge is 0.458 e. The number of hydrogen-bond donors (Lipinski definition) is 14. The van der Waals surface area contributed by atoms with Gasteiger partial charge in [-0.2, -0.15) is 0 Å². The predicted octanol–water partition coefficient (Wildman–Crippen LogP) is 4.35. The van der Waals surface area contributed by atoms with Crippen LogP contribution in [0.1, 0.15) is 240 Å². The summed E-state index contributed by atoms with van der Waals surface area (Å²) in [6, 6.07) is -7.99. The van der Waals surface area contributed by atoms with Crippen molar-refractivity contribution in [3.8, 4) is 0 Å². The highest BCUT2D eigenvalue weighted by Crippen LogP contribution is 2.28. The molecule has 0 radical (unpaired) electrons. The topological polar surface area (TPSA) is 445 Å². The van der Waals surface area contributed by atoms with Gasteiger partial charge in [-0.05, 0) is 118 Å². The smallest absolute Gasteiger partial charge is 0.329 e. The molecular weight excluding hydrogens is 1480 g/mol. The van der Waals surface area contributed by atoms with Crippen molar-refractivity contribution >= 4 is 88.7 Å². The molecule has 14 N–H and O–H groups in total. The summed E-state index contributed by atoms with van der Waals surface area (Å²) in [7, 11) is 0. The Kier molecular flexibility index (Phi) is 41.5. The van der Waals surface area contributed by atoms with Crippen molar-refractivity contribution in [1.82, 2.24) is 74.0 Å². The summed E-state index contributed by atoms with van der Waals surface area (Å²) in [5.74, 6) is -15.2. The number of benzene rings is 1. The van der Waals surface area contributed by atoms with Gasteiger partial charge in [-0.3, -0.25) is 67.1 Å². The first-order chi connectivity index (χ1) is 54.2. The number of carbonyl (C=O) groups excluding carboxylic acids is 15. The number of hydrogen-bond acceptors (Lipinski definition) is 17. The van der Waals surface area contributed by atoms with Crippen molar-refractivity contribution in [2.75, 3.05) is 13.1 Å². The Morgan fingerprint density at radius 2 is 1.13 bits per heavy atom. The van der Waals surface area contributed by atoms with Crippen LogP contribution in [0.25, 0.3) is 0 Å². The molecule has 1 aromatic carbocycles. The molecule has 2 saturated heterocycles. The minimum absolute atomic E-state index is 0.0425. The molecule has 16 atom stereocenters. The SMILES string of the molecule is C/C=C1\NC(=O)[C@H](Cc2ccccc2)NC(=O)[C@@H](C(C)C)NC(=O)[C@@H]([C@H](C)CC)NC(=O)[C@H](NC(=O)[C@H](NC(=O)[C@H](CCCNC(=O)CCC2CCCCC2)NC(=O)[C@H]2CCCN2C(=O)[C@H](NC(=O)[C@@H](NC(=O)[C@@H](NC(=O)[C@H](NC(=O)CCCC(C)C)C(C)C)[C@@H](C)O)C(C)C)C(C)C)[C@H](C)CC)[C@H](C)OC(=O)[C@H](C(C)C)NC1=O. The quantitative estimate of drug-likeness (QED) is 0.0250. The molecule has 646 valence electrons. The lowest BCUT2D eigenvalue weighted by atomic mass is 9.86. The first-order valence-electron chi connectivity index (χ1n) is 42.0. The van der Waals surface area contributed by atoms with Crippen LogP contribution < -0.4 is 69.1 Å². The number of cyclic esters (lactones) is 1. The maximum atomic E-state index is 15.3. The highest BCUT2D eigenvalue weighted by molar-refractivity contribution is 6.03. The number of nitrogens with zero attached hydrogens (tertiary/aromatic N) is 1. The Hall–Kier alpha value is -9.03. The third-order valence-corrected chi connectivity index (χ3v) is 22.1. The van der Waals surface area contributed by atoms with E-state index in [-0.39, 0.29) is 69.1 Å². The average Bonchev–Trinajstić information content (AvgIpc) is 1.75.